The number of alkyl halides is 2. The molecule has 11 heteroatoms. The number of hydrogen-bond acceptors (Lipinski definition) is 4. The van der Waals surface area contributed by atoms with E-state index >= 15 is 0 Å². The number of aliphatic imine (C=N–C) groups is 1. The quantitative estimate of drug-likeness (QED) is 0.287. The van der Waals surface area contributed by atoms with E-state index < -0.39 is 6.61 Å². The number of fused-ring (bicyclic) bond motifs is 1. The van der Waals surface area contributed by atoms with Crippen LogP contribution in [-0.4, -0.2) is 29.0 Å². The molecule has 2 aromatic heterocycles. The Morgan fingerprint density at radius 3 is 2.85 bits per heavy atom. The molecule has 0 unspecified atom stereocenters. The molecule has 0 atom stereocenters. The largest absolute Gasteiger partial charge is 0.434 e. The highest BCUT2D eigenvalue weighted by Crippen LogP contribution is 2.24. The second-order valence-corrected chi connectivity index (χ2v) is 6.54. The minimum absolute atomic E-state index is 0. The molecule has 0 radical (unpaired) electrons. The number of nitrogens with one attached hydrogen (secondary N) is 2. The first-order valence-corrected chi connectivity index (χ1v) is 8.89. The third-order valence-corrected chi connectivity index (χ3v) is 4.49. The SMILES string of the molecule is CN=C(NCc1cn2ccsc2n1)NCc1cc(Cl)ccc1OC(F)F.I. The Kier molecular flexibility index (Phi) is 8.05. The highest BCUT2D eigenvalue weighted by Gasteiger charge is 2.11. The van der Waals surface area contributed by atoms with Gasteiger partial charge in [0.1, 0.15) is 5.75 Å². The van der Waals surface area contributed by atoms with Crippen LogP contribution in [0.25, 0.3) is 4.96 Å². The first-order valence-electron chi connectivity index (χ1n) is 7.64. The first-order chi connectivity index (χ1) is 12.5. The van der Waals surface area contributed by atoms with E-state index in [0.29, 0.717) is 23.1 Å². The number of benzene rings is 1. The van der Waals surface area contributed by atoms with Crippen molar-refractivity contribution in [3.05, 3.63) is 52.3 Å². The van der Waals surface area contributed by atoms with Crippen molar-refractivity contribution in [2.75, 3.05) is 7.05 Å². The average Bonchev–Trinajstić information content (AvgIpc) is 3.18. The van der Waals surface area contributed by atoms with Crippen LogP contribution in [0, 0.1) is 0 Å². The highest BCUT2D eigenvalue weighted by atomic mass is 127. The summed E-state index contributed by atoms with van der Waals surface area (Å²) in [5, 5.41) is 8.57. The Balaban J connectivity index is 0.00000261. The van der Waals surface area contributed by atoms with E-state index in [1.807, 2.05) is 22.2 Å². The third-order valence-electron chi connectivity index (χ3n) is 3.49. The van der Waals surface area contributed by atoms with E-state index in [0.717, 1.165) is 10.7 Å². The molecular formula is C16H17ClF2IN5OS. The number of imidazole rings is 1. The van der Waals surface area contributed by atoms with Crippen molar-refractivity contribution in [2.24, 2.45) is 4.99 Å². The molecule has 2 N–H and O–H groups in total. The fourth-order valence-corrected chi connectivity index (χ4v) is 3.25. The highest BCUT2D eigenvalue weighted by molar-refractivity contribution is 14.0. The first kappa shape index (κ1) is 21.6. The summed E-state index contributed by atoms with van der Waals surface area (Å²) in [6.07, 6.45) is 3.87. The van der Waals surface area contributed by atoms with Crippen LogP contribution < -0.4 is 15.4 Å². The van der Waals surface area contributed by atoms with Crippen LogP contribution >= 0.6 is 46.9 Å². The van der Waals surface area contributed by atoms with Crippen LogP contribution in [0.2, 0.25) is 5.02 Å². The van der Waals surface area contributed by atoms with Gasteiger partial charge in [-0.1, -0.05) is 11.6 Å². The minimum Gasteiger partial charge on any atom is -0.434 e. The van der Waals surface area contributed by atoms with Crippen molar-refractivity contribution in [1.82, 2.24) is 20.0 Å². The Hall–Kier alpha value is -1.66. The number of guanidine groups is 1. The fraction of sp³-hybridized carbons (Fsp3) is 0.250. The number of rotatable bonds is 6. The monoisotopic (exact) mass is 527 g/mol. The molecule has 0 aliphatic carbocycles. The van der Waals surface area contributed by atoms with Gasteiger partial charge in [-0.2, -0.15) is 8.78 Å². The van der Waals surface area contributed by atoms with Gasteiger partial charge < -0.3 is 15.4 Å². The predicted molar refractivity (Wildman–Crippen MR) is 114 cm³/mol. The predicted octanol–water partition coefficient (Wildman–Crippen LogP) is 4.13. The summed E-state index contributed by atoms with van der Waals surface area (Å²) in [4.78, 5) is 9.50. The molecule has 0 bridgehead atoms. The van der Waals surface area contributed by atoms with Gasteiger partial charge in [0, 0.05) is 42.0 Å². The van der Waals surface area contributed by atoms with E-state index in [9.17, 15) is 8.78 Å². The molecule has 0 aliphatic rings. The van der Waals surface area contributed by atoms with Gasteiger partial charge >= 0.3 is 6.61 Å². The van der Waals surface area contributed by atoms with Crippen LogP contribution in [0.4, 0.5) is 8.78 Å². The van der Waals surface area contributed by atoms with E-state index in [-0.39, 0.29) is 36.3 Å². The lowest BCUT2D eigenvalue weighted by atomic mass is 10.2. The molecule has 27 heavy (non-hydrogen) atoms. The zero-order valence-electron chi connectivity index (χ0n) is 14.2. The summed E-state index contributed by atoms with van der Waals surface area (Å²) in [5.74, 6) is 0.575. The number of halogens is 4. The molecule has 0 aliphatic heterocycles. The summed E-state index contributed by atoms with van der Waals surface area (Å²) < 4.78 is 31.5. The Morgan fingerprint density at radius 1 is 1.37 bits per heavy atom. The lowest BCUT2D eigenvalue weighted by Gasteiger charge is -2.14. The van der Waals surface area contributed by atoms with E-state index in [1.165, 1.54) is 12.1 Å². The molecule has 0 fully saturated rings. The van der Waals surface area contributed by atoms with Gasteiger partial charge in [-0.15, -0.1) is 35.3 Å². The minimum atomic E-state index is -2.90. The van der Waals surface area contributed by atoms with Crippen LogP contribution in [0.1, 0.15) is 11.3 Å². The number of ether oxygens (including phenoxy) is 1. The lowest BCUT2D eigenvalue weighted by molar-refractivity contribution is -0.0504. The number of hydrogen-bond donors (Lipinski definition) is 2. The summed E-state index contributed by atoms with van der Waals surface area (Å²) in [6.45, 7) is -2.20. The van der Waals surface area contributed by atoms with Gasteiger partial charge in [-0.25, -0.2) is 4.98 Å². The maximum atomic E-state index is 12.5. The van der Waals surface area contributed by atoms with Crippen molar-refractivity contribution in [1.29, 1.82) is 0 Å². The summed E-state index contributed by atoms with van der Waals surface area (Å²) >= 11 is 7.50. The van der Waals surface area contributed by atoms with Crippen molar-refractivity contribution in [3.63, 3.8) is 0 Å². The third kappa shape index (κ3) is 5.91. The van der Waals surface area contributed by atoms with Gasteiger partial charge in [0.15, 0.2) is 10.9 Å². The lowest BCUT2D eigenvalue weighted by Crippen LogP contribution is -2.36. The molecule has 146 valence electrons. The average molecular weight is 528 g/mol. The molecule has 0 amide bonds. The molecule has 0 saturated carbocycles. The standard InChI is InChI=1S/C16H16ClF2N5OS.HI/c1-20-15(22-8-12-9-24-4-5-26-16(24)23-12)21-7-10-6-11(17)2-3-13(10)25-14(18)19;/h2-6,9,14H,7-8H2,1H3,(H2,20,21,22);1H. The molecule has 2 heterocycles. The number of nitrogens with zero attached hydrogens (tertiary/aromatic N) is 3. The van der Waals surface area contributed by atoms with Gasteiger partial charge in [0.25, 0.3) is 0 Å². The zero-order chi connectivity index (χ0) is 18.5. The molecule has 0 spiro atoms. The van der Waals surface area contributed by atoms with Crippen LogP contribution in [0.3, 0.4) is 0 Å². The molecule has 6 nitrogen and oxygen atoms in total. The Morgan fingerprint density at radius 2 is 2.15 bits per heavy atom. The molecule has 3 aromatic rings. The molecule has 3 rings (SSSR count). The topological polar surface area (TPSA) is 63.0 Å². The summed E-state index contributed by atoms with van der Waals surface area (Å²) in [6, 6.07) is 4.49. The van der Waals surface area contributed by atoms with E-state index in [2.05, 4.69) is 25.3 Å². The summed E-state index contributed by atoms with van der Waals surface area (Å²) in [5.41, 5.74) is 1.37. The number of aromatic nitrogens is 2. The van der Waals surface area contributed by atoms with Crippen molar-refractivity contribution in [2.45, 2.75) is 19.7 Å². The fourth-order valence-electron chi connectivity index (χ4n) is 2.33. The smallest absolute Gasteiger partial charge is 0.387 e. The second-order valence-electron chi connectivity index (χ2n) is 5.23. The van der Waals surface area contributed by atoms with Gasteiger partial charge in [0.05, 0.1) is 12.2 Å². The maximum Gasteiger partial charge on any atom is 0.387 e. The second kappa shape index (κ2) is 10.0. The van der Waals surface area contributed by atoms with Crippen LogP contribution in [0.5, 0.6) is 5.75 Å². The normalized spacial score (nSPS) is 11.5. The zero-order valence-corrected chi connectivity index (χ0v) is 18.1. The van der Waals surface area contributed by atoms with Gasteiger partial charge in [-0.3, -0.25) is 9.39 Å². The summed E-state index contributed by atoms with van der Waals surface area (Å²) in [7, 11) is 1.62. The van der Waals surface area contributed by atoms with Crippen LogP contribution in [0.15, 0.2) is 41.0 Å². The maximum absolute atomic E-state index is 12.5. The van der Waals surface area contributed by atoms with Crippen molar-refractivity contribution in [3.8, 4) is 5.75 Å². The Bertz CT molecular complexity index is 889. The van der Waals surface area contributed by atoms with Crippen molar-refractivity contribution < 1.29 is 13.5 Å². The van der Waals surface area contributed by atoms with E-state index in [4.69, 9.17) is 11.6 Å². The van der Waals surface area contributed by atoms with Crippen molar-refractivity contribution >= 4 is 57.8 Å². The number of thiazole rings is 1. The molecular weight excluding hydrogens is 511 g/mol. The van der Waals surface area contributed by atoms with Gasteiger partial charge in [-0.05, 0) is 18.2 Å². The Labute approximate surface area is 180 Å². The molecule has 1 aromatic carbocycles. The van der Waals surface area contributed by atoms with E-state index in [1.54, 1.807) is 24.5 Å². The molecule has 0 saturated heterocycles. The van der Waals surface area contributed by atoms with Crippen LogP contribution in [-0.2, 0) is 13.1 Å². The van der Waals surface area contributed by atoms with Gasteiger partial charge in [0.2, 0.25) is 0 Å².